The summed E-state index contributed by atoms with van der Waals surface area (Å²) < 4.78 is 0. The lowest BCUT2D eigenvalue weighted by Gasteiger charge is -2.31. The quantitative estimate of drug-likeness (QED) is 0.800. The molecule has 0 radical (unpaired) electrons. The number of nitrogens with zero attached hydrogens (tertiary/aromatic N) is 1. The number of carbonyl (C=O) groups excluding carboxylic acids is 2. The number of nitrogens with one attached hydrogen (secondary N) is 1. The highest BCUT2D eigenvalue weighted by molar-refractivity contribution is 5.98. The minimum atomic E-state index is -0.0185. The van der Waals surface area contributed by atoms with Crippen molar-refractivity contribution < 1.29 is 9.59 Å². The van der Waals surface area contributed by atoms with Crippen LogP contribution in [0.1, 0.15) is 36.0 Å². The van der Waals surface area contributed by atoms with Crippen LogP contribution in [0, 0.1) is 5.92 Å². The Morgan fingerprint density at radius 2 is 1.63 bits per heavy atom. The first-order valence-corrected chi connectivity index (χ1v) is 9.90. The molecule has 4 rings (SSSR count). The zero-order valence-electron chi connectivity index (χ0n) is 15.6. The number of Topliss-reactive ketones (excluding diaryl/α,β-unsaturated/α-hetero) is 1. The van der Waals surface area contributed by atoms with Crippen LogP contribution in [0.2, 0.25) is 0 Å². The summed E-state index contributed by atoms with van der Waals surface area (Å²) in [7, 11) is 0. The minimum absolute atomic E-state index is 0.0185. The molecule has 2 aliphatic rings. The molecule has 4 nitrogen and oxygen atoms in total. The second-order valence-electron chi connectivity index (χ2n) is 7.72. The maximum Gasteiger partial charge on any atom is 0.234 e. The van der Waals surface area contributed by atoms with Gasteiger partial charge in [0, 0.05) is 24.1 Å². The van der Waals surface area contributed by atoms with E-state index in [1.54, 1.807) is 0 Å². The Hall–Kier alpha value is -2.46. The summed E-state index contributed by atoms with van der Waals surface area (Å²) in [5, 5.41) is 3.03. The number of carbonyl (C=O) groups is 2. The summed E-state index contributed by atoms with van der Waals surface area (Å²) in [5.41, 5.74) is 3.04. The zero-order valence-corrected chi connectivity index (χ0v) is 15.6. The molecular formula is C23H26N2O2. The molecule has 4 heteroatoms. The monoisotopic (exact) mass is 362 g/mol. The van der Waals surface area contributed by atoms with Crippen LogP contribution >= 0.6 is 0 Å². The van der Waals surface area contributed by atoms with E-state index in [0.29, 0.717) is 19.1 Å². The molecular weight excluding hydrogens is 336 g/mol. The van der Waals surface area contributed by atoms with Gasteiger partial charge in [0.25, 0.3) is 0 Å². The Kier molecular flexibility index (Phi) is 5.35. The van der Waals surface area contributed by atoms with Crippen LogP contribution in [-0.2, 0) is 4.79 Å². The van der Waals surface area contributed by atoms with E-state index in [4.69, 9.17) is 0 Å². The molecule has 1 N–H and O–H groups in total. The third kappa shape index (κ3) is 4.64. The molecule has 0 aromatic heterocycles. The van der Waals surface area contributed by atoms with Crippen molar-refractivity contribution in [3.05, 3.63) is 60.2 Å². The molecule has 2 fully saturated rings. The van der Waals surface area contributed by atoms with Crippen molar-refractivity contribution in [1.82, 2.24) is 10.2 Å². The summed E-state index contributed by atoms with van der Waals surface area (Å²) >= 11 is 0. The van der Waals surface area contributed by atoms with Gasteiger partial charge in [-0.1, -0.05) is 54.6 Å². The summed E-state index contributed by atoms with van der Waals surface area (Å²) in [6, 6.07) is 18.5. The van der Waals surface area contributed by atoms with Gasteiger partial charge in [0.05, 0.1) is 6.54 Å². The normalized spacial score (nSPS) is 20.2. The molecule has 1 unspecified atom stereocenters. The number of amides is 1. The average Bonchev–Trinajstić information content (AvgIpc) is 3.52. The molecule has 2 aromatic carbocycles. The number of ketones is 1. The molecule has 0 bridgehead atoms. The summed E-state index contributed by atoms with van der Waals surface area (Å²) in [4.78, 5) is 27.1. The molecule has 1 saturated carbocycles. The lowest BCUT2D eigenvalue weighted by molar-refractivity contribution is -0.122. The fourth-order valence-corrected chi connectivity index (χ4v) is 3.81. The maximum atomic E-state index is 12.9. The first-order chi connectivity index (χ1) is 13.2. The molecule has 1 aliphatic heterocycles. The molecule has 1 amide bonds. The van der Waals surface area contributed by atoms with E-state index in [0.717, 1.165) is 48.9 Å². The van der Waals surface area contributed by atoms with Crippen LogP contribution in [0.4, 0.5) is 0 Å². The van der Waals surface area contributed by atoms with Crippen molar-refractivity contribution in [2.45, 2.75) is 31.7 Å². The van der Waals surface area contributed by atoms with Crippen molar-refractivity contribution in [2.24, 2.45) is 5.92 Å². The predicted molar refractivity (Wildman–Crippen MR) is 107 cm³/mol. The topological polar surface area (TPSA) is 49.4 Å². The lowest BCUT2D eigenvalue weighted by Crippen LogP contribution is -2.44. The fourth-order valence-electron chi connectivity index (χ4n) is 3.81. The van der Waals surface area contributed by atoms with E-state index in [9.17, 15) is 9.59 Å². The number of hydrogen-bond donors (Lipinski definition) is 1. The Labute approximate surface area is 160 Å². The Morgan fingerprint density at radius 1 is 0.926 bits per heavy atom. The third-order valence-corrected chi connectivity index (χ3v) is 5.46. The smallest absolute Gasteiger partial charge is 0.234 e. The average molecular weight is 362 g/mol. The van der Waals surface area contributed by atoms with Gasteiger partial charge >= 0.3 is 0 Å². The van der Waals surface area contributed by atoms with Crippen LogP contribution in [0.25, 0.3) is 11.1 Å². The number of hydrogen-bond acceptors (Lipinski definition) is 3. The van der Waals surface area contributed by atoms with Gasteiger partial charge in [0.1, 0.15) is 0 Å². The second kappa shape index (κ2) is 8.05. The molecule has 0 spiro atoms. The van der Waals surface area contributed by atoms with E-state index in [2.05, 4.69) is 22.3 Å². The number of benzene rings is 2. The van der Waals surface area contributed by atoms with Gasteiger partial charge < -0.3 is 5.32 Å². The number of likely N-dealkylation sites (tertiary alicyclic amines) is 1. The Bertz CT molecular complexity index is 797. The van der Waals surface area contributed by atoms with Crippen molar-refractivity contribution in [3.63, 3.8) is 0 Å². The zero-order chi connectivity index (χ0) is 18.6. The van der Waals surface area contributed by atoms with Crippen LogP contribution in [0.5, 0.6) is 0 Å². The van der Waals surface area contributed by atoms with Crippen molar-refractivity contribution in [1.29, 1.82) is 0 Å². The van der Waals surface area contributed by atoms with Crippen LogP contribution < -0.4 is 5.32 Å². The molecule has 2 aromatic rings. The first kappa shape index (κ1) is 17.9. The summed E-state index contributed by atoms with van der Waals surface area (Å²) in [5.74, 6) is 0.273. The highest BCUT2D eigenvalue weighted by Crippen LogP contribution is 2.24. The highest BCUT2D eigenvalue weighted by atomic mass is 16.2. The first-order valence-electron chi connectivity index (χ1n) is 9.90. The standard InChI is InChI=1S/C23H26N2O2/c26-22(24-21-12-13-21)16-25-14-4-7-20(15-25)23(27)19-10-8-18(9-11-19)17-5-2-1-3-6-17/h1-3,5-6,8-11,20-21H,4,7,12-16H2,(H,24,26). The molecule has 1 heterocycles. The SMILES string of the molecule is O=C(CN1CCCC(C(=O)c2ccc(-c3ccccc3)cc2)C1)NC1CC1. The van der Waals surface area contributed by atoms with Crippen LogP contribution in [-0.4, -0.2) is 42.3 Å². The summed E-state index contributed by atoms with van der Waals surface area (Å²) in [6.45, 7) is 1.99. The Morgan fingerprint density at radius 3 is 2.33 bits per heavy atom. The largest absolute Gasteiger partial charge is 0.352 e. The van der Waals surface area contributed by atoms with Gasteiger partial charge in [0.2, 0.25) is 5.91 Å². The molecule has 140 valence electrons. The lowest BCUT2D eigenvalue weighted by atomic mass is 9.89. The second-order valence-corrected chi connectivity index (χ2v) is 7.72. The van der Waals surface area contributed by atoms with E-state index < -0.39 is 0 Å². The number of rotatable bonds is 6. The van der Waals surface area contributed by atoms with Crippen LogP contribution in [0.3, 0.4) is 0 Å². The van der Waals surface area contributed by atoms with Crippen LogP contribution in [0.15, 0.2) is 54.6 Å². The van der Waals surface area contributed by atoms with Gasteiger partial charge in [-0.05, 0) is 43.4 Å². The fraction of sp³-hybridized carbons (Fsp3) is 0.391. The maximum absolute atomic E-state index is 12.9. The molecule has 1 aliphatic carbocycles. The highest BCUT2D eigenvalue weighted by Gasteiger charge is 2.29. The van der Waals surface area contributed by atoms with Gasteiger partial charge in [-0.25, -0.2) is 0 Å². The number of piperidine rings is 1. The van der Waals surface area contributed by atoms with E-state index >= 15 is 0 Å². The molecule has 1 atom stereocenters. The molecule has 1 saturated heterocycles. The van der Waals surface area contributed by atoms with Gasteiger partial charge in [-0.15, -0.1) is 0 Å². The van der Waals surface area contributed by atoms with Crippen molar-refractivity contribution in [3.8, 4) is 11.1 Å². The van der Waals surface area contributed by atoms with E-state index in [1.165, 1.54) is 0 Å². The van der Waals surface area contributed by atoms with Gasteiger partial charge in [-0.3, -0.25) is 14.5 Å². The summed E-state index contributed by atoms with van der Waals surface area (Å²) in [6.07, 6.45) is 4.08. The minimum Gasteiger partial charge on any atom is -0.352 e. The molecule has 27 heavy (non-hydrogen) atoms. The van der Waals surface area contributed by atoms with Crippen molar-refractivity contribution in [2.75, 3.05) is 19.6 Å². The Balaban J connectivity index is 1.37. The third-order valence-electron chi connectivity index (χ3n) is 5.46. The van der Waals surface area contributed by atoms with E-state index in [-0.39, 0.29) is 17.6 Å². The predicted octanol–water partition coefficient (Wildman–Crippen LogP) is 3.53. The van der Waals surface area contributed by atoms with E-state index in [1.807, 2.05) is 42.5 Å². The van der Waals surface area contributed by atoms with Gasteiger partial charge in [0.15, 0.2) is 5.78 Å². The van der Waals surface area contributed by atoms with Gasteiger partial charge in [-0.2, -0.15) is 0 Å². The van der Waals surface area contributed by atoms with Crippen molar-refractivity contribution >= 4 is 11.7 Å².